The Morgan fingerprint density at radius 3 is 2.31 bits per heavy atom. The highest BCUT2D eigenvalue weighted by molar-refractivity contribution is 7.80. The lowest BCUT2D eigenvalue weighted by Gasteiger charge is -2.31. The van der Waals surface area contributed by atoms with Crippen molar-refractivity contribution >= 4 is 17.3 Å². The highest BCUT2D eigenvalue weighted by atomic mass is 32.1. The van der Waals surface area contributed by atoms with Crippen molar-refractivity contribution in [3.63, 3.8) is 0 Å². The summed E-state index contributed by atoms with van der Waals surface area (Å²) in [6.45, 7) is 1.46. The van der Waals surface area contributed by atoms with E-state index in [9.17, 15) is 23.4 Å². The second-order valence-corrected chi connectivity index (χ2v) is 6.52. The van der Waals surface area contributed by atoms with Gasteiger partial charge in [0, 0.05) is 19.6 Å². The van der Waals surface area contributed by atoms with Gasteiger partial charge in [-0.15, -0.1) is 0 Å². The number of alkyl halides is 3. The van der Waals surface area contributed by atoms with E-state index >= 15 is 0 Å². The number of thiocarbonyl (C=S) groups is 1. The normalized spacial score (nSPS) is 14.0. The van der Waals surface area contributed by atoms with E-state index in [1.807, 2.05) is 4.90 Å². The predicted octanol–water partition coefficient (Wildman–Crippen LogP) is 3.55. The number of hydrogen-bond acceptors (Lipinski definition) is 3. The fourth-order valence-electron chi connectivity index (χ4n) is 2.86. The molecule has 0 saturated carbocycles. The molecule has 1 heterocycles. The van der Waals surface area contributed by atoms with E-state index in [0.717, 1.165) is 23.3 Å². The van der Waals surface area contributed by atoms with E-state index in [4.69, 9.17) is 12.2 Å². The third-order valence-electron chi connectivity index (χ3n) is 4.32. The van der Waals surface area contributed by atoms with Crippen LogP contribution in [0.15, 0.2) is 36.4 Å². The van der Waals surface area contributed by atoms with Gasteiger partial charge in [-0.05, 0) is 59.6 Å². The summed E-state index contributed by atoms with van der Waals surface area (Å²) in [6, 6.07) is 8.02. The van der Waals surface area contributed by atoms with Crippen molar-refractivity contribution in [3.8, 4) is 11.5 Å². The number of nitrogens with one attached hydrogen (secondary N) is 1. The van der Waals surface area contributed by atoms with Crippen molar-refractivity contribution < 1.29 is 23.4 Å². The van der Waals surface area contributed by atoms with Gasteiger partial charge in [0.1, 0.15) is 0 Å². The summed E-state index contributed by atoms with van der Waals surface area (Å²) in [4.78, 5) is 1.91. The molecular formula is C18H17F3N2O2S. The molecule has 0 radical (unpaired) electrons. The molecule has 4 nitrogen and oxygen atoms in total. The molecule has 0 saturated heterocycles. The summed E-state index contributed by atoms with van der Waals surface area (Å²) >= 11 is 5.37. The van der Waals surface area contributed by atoms with Crippen LogP contribution in [0.3, 0.4) is 0 Å². The maximum absolute atomic E-state index is 12.6. The second-order valence-electron chi connectivity index (χ2n) is 6.13. The van der Waals surface area contributed by atoms with Crippen LogP contribution < -0.4 is 5.32 Å². The molecule has 26 heavy (non-hydrogen) atoms. The lowest BCUT2D eigenvalue weighted by Crippen LogP contribution is -2.42. The minimum absolute atomic E-state index is 0.139. The summed E-state index contributed by atoms with van der Waals surface area (Å²) in [5.74, 6) is -0.311. The number of hydrogen-bond donors (Lipinski definition) is 3. The van der Waals surface area contributed by atoms with E-state index in [1.165, 1.54) is 18.2 Å². The van der Waals surface area contributed by atoms with E-state index in [0.29, 0.717) is 36.7 Å². The van der Waals surface area contributed by atoms with Crippen LogP contribution in [0.25, 0.3) is 0 Å². The van der Waals surface area contributed by atoms with Gasteiger partial charge in [-0.3, -0.25) is 0 Å². The quantitative estimate of drug-likeness (QED) is 0.548. The third kappa shape index (κ3) is 4.01. The SMILES string of the molecule is Oc1cc2c(cc1O)CN(C(=S)NCc1ccc(C(F)(F)F)cc1)CC2. The Morgan fingerprint density at radius 2 is 1.69 bits per heavy atom. The average molecular weight is 382 g/mol. The Kier molecular flexibility index (Phi) is 4.95. The summed E-state index contributed by atoms with van der Waals surface area (Å²) in [5.41, 5.74) is 1.85. The number of fused-ring (bicyclic) bond motifs is 1. The van der Waals surface area contributed by atoms with Gasteiger partial charge in [-0.25, -0.2) is 0 Å². The molecule has 0 bridgehead atoms. The Hall–Kier alpha value is -2.48. The minimum atomic E-state index is -4.34. The van der Waals surface area contributed by atoms with Crippen LogP contribution in [0.1, 0.15) is 22.3 Å². The fraction of sp³-hybridized carbons (Fsp3) is 0.278. The Balaban J connectivity index is 1.59. The zero-order valence-corrected chi connectivity index (χ0v) is 14.5. The van der Waals surface area contributed by atoms with Crippen molar-refractivity contribution in [1.82, 2.24) is 10.2 Å². The first kappa shape index (κ1) is 18.3. The van der Waals surface area contributed by atoms with Gasteiger partial charge in [-0.2, -0.15) is 13.2 Å². The lowest BCUT2D eigenvalue weighted by molar-refractivity contribution is -0.137. The topological polar surface area (TPSA) is 55.7 Å². The molecule has 2 aromatic rings. The second kappa shape index (κ2) is 7.03. The molecule has 138 valence electrons. The monoisotopic (exact) mass is 382 g/mol. The van der Waals surface area contributed by atoms with Crippen molar-refractivity contribution in [2.24, 2.45) is 0 Å². The fourth-order valence-corrected chi connectivity index (χ4v) is 3.09. The molecule has 0 fully saturated rings. The molecule has 1 aliphatic heterocycles. The first-order chi connectivity index (χ1) is 12.2. The first-order valence-corrected chi connectivity index (χ1v) is 8.37. The molecule has 0 aliphatic carbocycles. The van der Waals surface area contributed by atoms with E-state index in [-0.39, 0.29) is 11.5 Å². The van der Waals surface area contributed by atoms with Gasteiger partial charge in [0.25, 0.3) is 0 Å². The van der Waals surface area contributed by atoms with E-state index in [2.05, 4.69) is 5.32 Å². The Bertz CT molecular complexity index is 822. The number of phenolic OH excluding ortho intramolecular Hbond substituents is 2. The number of halogens is 3. The Morgan fingerprint density at radius 1 is 1.08 bits per heavy atom. The molecule has 0 amide bonds. The van der Waals surface area contributed by atoms with Crippen LogP contribution in [0.4, 0.5) is 13.2 Å². The van der Waals surface area contributed by atoms with Crippen LogP contribution in [0.5, 0.6) is 11.5 Å². The molecule has 1 aliphatic rings. The maximum Gasteiger partial charge on any atom is 0.416 e. The molecule has 8 heteroatoms. The maximum atomic E-state index is 12.6. The molecule has 2 aromatic carbocycles. The van der Waals surface area contributed by atoms with Crippen LogP contribution >= 0.6 is 12.2 Å². The van der Waals surface area contributed by atoms with Crippen molar-refractivity contribution in [3.05, 3.63) is 58.7 Å². The highest BCUT2D eigenvalue weighted by Gasteiger charge is 2.29. The van der Waals surface area contributed by atoms with Crippen LogP contribution in [-0.2, 0) is 25.7 Å². The van der Waals surface area contributed by atoms with E-state index in [1.54, 1.807) is 6.07 Å². The highest BCUT2D eigenvalue weighted by Crippen LogP contribution is 2.31. The largest absolute Gasteiger partial charge is 0.504 e. The van der Waals surface area contributed by atoms with Crippen LogP contribution in [0.2, 0.25) is 0 Å². The average Bonchev–Trinajstić information content (AvgIpc) is 2.60. The van der Waals surface area contributed by atoms with E-state index < -0.39 is 11.7 Å². The first-order valence-electron chi connectivity index (χ1n) is 7.96. The Labute approximate surface area is 153 Å². The number of nitrogens with zero attached hydrogens (tertiary/aromatic N) is 1. The molecule has 3 rings (SSSR count). The molecule has 0 unspecified atom stereocenters. The molecular weight excluding hydrogens is 365 g/mol. The molecule has 0 spiro atoms. The van der Waals surface area contributed by atoms with Gasteiger partial charge >= 0.3 is 6.18 Å². The van der Waals surface area contributed by atoms with Gasteiger partial charge in [0.2, 0.25) is 0 Å². The van der Waals surface area contributed by atoms with Gasteiger partial charge in [0.15, 0.2) is 16.6 Å². The summed E-state index contributed by atoms with van der Waals surface area (Å²) in [7, 11) is 0. The number of aromatic hydroxyl groups is 2. The van der Waals surface area contributed by atoms with Gasteiger partial charge in [-0.1, -0.05) is 12.1 Å². The zero-order valence-electron chi connectivity index (χ0n) is 13.7. The number of rotatable bonds is 2. The van der Waals surface area contributed by atoms with Gasteiger partial charge < -0.3 is 20.4 Å². The minimum Gasteiger partial charge on any atom is -0.504 e. The van der Waals surface area contributed by atoms with Crippen molar-refractivity contribution in [2.45, 2.75) is 25.7 Å². The number of phenols is 2. The zero-order chi connectivity index (χ0) is 18.9. The van der Waals surface area contributed by atoms with Crippen LogP contribution in [-0.4, -0.2) is 26.8 Å². The molecule has 3 N–H and O–H groups in total. The predicted molar refractivity (Wildman–Crippen MR) is 94.8 cm³/mol. The van der Waals surface area contributed by atoms with Gasteiger partial charge in [0.05, 0.1) is 5.56 Å². The lowest BCUT2D eigenvalue weighted by atomic mass is 9.99. The summed E-state index contributed by atoms with van der Waals surface area (Å²) in [5, 5.41) is 22.7. The summed E-state index contributed by atoms with van der Waals surface area (Å²) < 4.78 is 37.7. The van der Waals surface area contributed by atoms with Crippen molar-refractivity contribution in [1.29, 1.82) is 0 Å². The molecule has 0 atom stereocenters. The standard InChI is InChI=1S/C18H17F3N2O2S/c19-18(20,21)14-3-1-11(2-4-14)9-22-17(26)23-6-5-12-7-15(24)16(25)8-13(12)10-23/h1-4,7-8,24-25H,5-6,9-10H2,(H,22,26). The summed E-state index contributed by atoms with van der Waals surface area (Å²) in [6.07, 6.45) is -3.67. The third-order valence-corrected chi connectivity index (χ3v) is 4.72. The molecule has 0 aromatic heterocycles. The smallest absolute Gasteiger partial charge is 0.416 e. The van der Waals surface area contributed by atoms with Crippen LogP contribution in [0, 0.1) is 0 Å². The number of benzene rings is 2. The van der Waals surface area contributed by atoms with Crippen molar-refractivity contribution in [2.75, 3.05) is 6.54 Å².